The summed E-state index contributed by atoms with van der Waals surface area (Å²) in [7, 11) is -0.791. The van der Waals surface area contributed by atoms with Gasteiger partial charge in [0.2, 0.25) is 0 Å². The number of amides is 1. The third-order valence-electron chi connectivity index (χ3n) is 6.98. The van der Waals surface area contributed by atoms with Gasteiger partial charge in [-0.25, -0.2) is 0 Å². The monoisotopic (exact) mass is 620 g/mol. The Balaban J connectivity index is 1.48. The zero-order valence-corrected chi connectivity index (χ0v) is 24.6. The highest BCUT2D eigenvalue weighted by atomic mass is 79.9. The van der Waals surface area contributed by atoms with Gasteiger partial charge < -0.3 is 19.3 Å². The van der Waals surface area contributed by atoms with Crippen molar-refractivity contribution >= 4 is 49.0 Å². The predicted octanol–water partition coefficient (Wildman–Crippen LogP) is 5.02. The zero-order chi connectivity index (χ0) is 27.0. The first-order valence-corrected chi connectivity index (χ1v) is 15.3. The molecule has 0 N–H and O–H groups in total. The van der Waals surface area contributed by atoms with E-state index in [-0.39, 0.29) is 23.5 Å². The van der Waals surface area contributed by atoms with Gasteiger partial charge in [0.1, 0.15) is 16.4 Å². The summed E-state index contributed by atoms with van der Waals surface area (Å²) in [5, 5.41) is 0. The molecule has 2 aliphatic rings. The number of halogens is 1. The molecule has 3 aromatic rings. The number of hydrogen-bond acceptors (Lipinski definition) is 8. The lowest BCUT2D eigenvalue weighted by atomic mass is 10.0. The summed E-state index contributed by atoms with van der Waals surface area (Å²) in [6.45, 7) is 3.14. The molecule has 38 heavy (non-hydrogen) atoms. The normalized spacial score (nSPS) is 17.3. The van der Waals surface area contributed by atoms with Gasteiger partial charge in [0.05, 0.1) is 41.2 Å². The molecule has 0 radical (unpaired) electrons. The van der Waals surface area contributed by atoms with Gasteiger partial charge in [-0.3, -0.25) is 8.98 Å². The Kier molecular flexibility index (Phi) is 7.72. The molecule has 5 rings (SSSR count). The largest absolute Gasteiger partial charge is 0.497 e. The fourth-order valence-corrected chi connectivity index (χ4v) is 7.85. The number of anilines is 1. The van der Waals surface area contributed by atoms with Crippen LogP contribution >= 0.6 is 27.3 Å². The molecule has 2 aromatic carbocycles. The minimum Gasteiger partial charge on any atom is -0.497 e. The van der Waals surface area contributed by atoms with E-state index in [1.807, 2.05) is 19.1 Å². The van der Waals surface area contributed by atoms with Crippen LogP contribution in [0.25, 0.3) is 0 Å². The number of carbonyl (C=O) groups is 1. The second kappa shape index (κ2) is 10.9. The molecule has 0 spiro atoms. The van der Waals surface area contributed by atoms with Crippen molar-refractivity contribution in [3.63, 3.8) is 0 Å². The lowest BCUT2D eigenvalue weighted by Crippen LogP contribution is -2.47. The van der Waals surface area contributed by atoms with Crippen LogP contribution in [0.5, 0.6) is 11.5 Å². The van der Waals surface area contributed by atoms with Gasteiger partial charge >= 0.3 is 0 Å². The number of methoxy groups -OCH3 is 2. The van der Waals surface area contributed by atoms with Crippen LogP contribution in [0.3, 0.4) is 0 Å². The van der Waals surface area contributed by atoms with E-state index in [4.69, 9.17) is 13.7 Å². The van der Waals surface area contributed by atoms with Crippen molar-refractivity contribution in [1.82, 2.24) is 4.90 Å². The van der Waals surface area contributed by atoms with E-state index in [2.05, 4.69) is 20.8 Å². The topological polar surface area (TPSA) is 85.4 Å². The summed E-state index contributed by atoms with van der Waals surface area (Å²) < 4.78 is 43.5. The molecule has 0 bridgehead atoms. The van der Waals surface area contributed by atoms with E-state index in [9.17, 15) is 13.2 Å². The van der Waals surface area contributed by atoms with E-state index < -0.39 is 10.1 Å². The average molecular weight is 622 g/mol. The van der Waals surface area contributed by atoms with Gasteiger partial charge in [-0.15, -0.1) is 11.3 Å². The number of hydrogen-bond donors (Lipinski definition) is 0. The molecule has 0 fully saturated rings. The summed E-state index contributed by atoms with van der Waals surface area (Å²) >= 11 is 5.10. The molecule has 1 atom stereocenters. The molecule has 0 aliphatic carbocycles. The minimum absolute atomic E-state index is 0.0773. The minimum atomic E-state index is -3.96. The quantitative estimate of drug-likeness (QED) is 0.327. The summed E-state index contributed by atoms with van der Waals surface area (Å²) in [6, 6.07) is 11.7. The predicted molar refractivity (Wildman–Crippen MR) is 150 cm³/mol. The van der Waals surface area contributed by atoms with Crippen molar-refractivity contribution in [2.45, 2.75) is 37.2 Å². The van der Waals surface area contributed by atoms with Crippen molar-refractivity contribution in [3.05, 3.63) is 67.8 Å². The molecule has 1 aromatic heterocycles. The van der Waals surface area contributed by atoms with Crippen LogP contribution in [0.4, 0.5) is 5.69 Å². The van der Waals surface area contributed by atoms with Gasteiger partial charge in [0, 0.05) is 36.8 Å². The van der Waals surface area contributed by atoms with Gasteiger partial charge in [-0.2, -0.15) is 8.42 Å². The fourth-order valence-electron chi connectivity index (χ4n) is 4.99. The average Bonchev–Trinajstić information content (AvgIpc) is 3.21. The van der Waals surface area contributed by atoms with Crippen LogP contribution < -0.4 is 14.4 Å². The standard InChI is InChI=1S/C27H29BrN2O6S2/c1-17-6-10-21(11-7-17)38(32,33)36-16-19-15-29(14-18-8-9-20(34-2)13-23(18)35-3)27(31)25-24-22(26(28)37-25)5-4-12-30(19)24/h6-11,13,19H,4-5,12,14-16H2,1-3H3/t19-/m0/s1. The van der Waals surface area contributed by atoms with E-state index >= 15 is 0 Å². The summed E-state index contributed by atoms with van der Waals surface area (Å²) in [5.74, 6) is 1.18. The Bertz CT molecular complexity index is 1450. The van der Waals surface area contributed by atoms with Crippen LogP contribution in [0.2, 0.25) is 0 Å². The fraction of sp³-hybridized carbons (Fsp3) is 0.370. The molecular weight excluding hydrogens is 592 g/mol. The third-order valence-corrected chi connectivity index (χ3v) is 10.2. The van der Waals surface area contributed by atoms with E-state index in [0.717, 1.165) is 45.6 Å². The summed E-state index contributed by atoms with van der Waals surface area (Å²) in [6.07, 6.45) is 1.77. The Labute approximate surface area is 235 Å². The zero-order valence-electron chi connectivity index (χ0n) is 21.4. The van der Waals surface area contributed by atoms with E-state index in [1.165, 1.54) is 11.3 Å². The lowest BCUT2D eigenvalue weighted by molar-refractivity contribution is 0.0735. The molecule has 8 nitrogen and oxygen atoms in total. The van der Waals surface area contributed by atoms with Crippen LogP contribution in [0, 0.1) is 6.92 Å². The second-order valence-electron chi connectivity index (χ2n) is 9.40. The maximum absolute atomic E-state index is 13.9. The molecule has 2 aliphatic heterocycles. The Morgan fingerprint density at radius 2 is 1.87 bits per heavy atom. The molecule has 0 unspecified atom stereocenters. The Morgan fingerprint density at radius 1 is 1.11 bits per heavy atom. The third kappa shape index (κ3) is 5.16. The first-order valence-electron chi connectivity index (χ1n) is 12.3. The van der Waals surface area contributed by atoms with Crippen molar-refractivity contribution < 1.29 is 26.9 Å². The molecule has 202 valence electrons. The SMILES string of the molecule is COc1ccc(CN2C[C@@H](COS(=O)(=O)c3ccc(C)cc3)N3CCCc4c(Br)sc(c43)C2=O)c(OC)c1. The maximum Gasteiger partial charge on any atom is 0.297 e. The maximum atomic E-state index is 13.9. The van der Waals surface area contributed by atoms with Crippen molar-refractivity contribution in [2.75, 3.05) is 38.8 Å². The number of carbonyl (C=O) groups excluding carboxylic acids is 1. The first-order chi connectivity index (χ1) is 18.2. The van der Waals surface area contributed by atoms with Crippen LogP contribution in [0.15, 0.2) is 51.1 Å². The summed E-state index contributed by atoms with van der Waals surface area (Å²) in [5.41, 5.74) is 3.78. The van der Waals surface area contributed by atoms with Crippen molar-refractivity contribution in [1.29, 1.82) is 0 Å². The van der Waals surface area contributed by atoms with E-state index in [0.29, 0.717) is 29.5 Å². The Hall–Kier alpha value is -2.60. The van der Waals surface area contributed by atoms with Crippen LogP contribution in [0.1, 0.15) is 32.8 Å². The number of thiophene rings is 1. The molecule has 11 heteroatoms. The smallest absolute Gasteiger partial charge is 0.297 e. The van der Waals surface area contributed by atoms with Gasteiger partial charge in [-0.05, 0) is 60.0 Å². The number of aryl methyl sites for hydroxylation is 1. The highest BCUT2D eigenvalue weighted by Crippen LogP contribution is 2.46. The van der Waals surface area contributed by atoms with Crippen molar-refractivity contribution in [3.8, 4) is 11.5 Å². The number of nitrogens with zero attached hydrogens (tertiary/aromatic N) is 2. The van der Waals surface area contributed by atoms with E-state index in [1.54, 1.807) is 49.5 Å². The first kappa shape index (κ1) is 27.0. The number of rotatable bonds is 8. The van der Waals surface area contributed by atoms with Gasteiger partial charge in [0.15, 0.2) is 0 Å². The summed E-state index contributed by atoms with van der Waals surface area (Å²) in [4.78, 5) is 18.6. The highest BCUT2D eigenvalue weighted by molar-refractivity contribution is 9.11. The van der Waals surface area contributed by atoms with Gasteiger partial charge in [0.25, 0.3) is 16.0 Å². The number of ether oxygens (including phenoxy) is 2. The second-order valence-corrected chi connectivity index (χ2v) is 13.4. The highest BCUT2D eigenvalue weighted by Gasteiger charge is 2.39. The number of benzene rings is 2. The van der Waals surface area contributed by atoms with Crippen LogP contribution in [-0.2, 0) is 27.3 Å². The molecule has 1 amide bonds. The van der Waals surface area contributed by atoms with Gasteiger partial charge in [-0.1, -0.05) is 17.7 Å². The lowest BCUT2D eigenvalue weighted by Gasteiger charge is -2.36. The molecule has 0 saturated heterocycles. The van der Waals surface area contributed by atoms with Crippen LogP contribution in [-0.4, -0.2) is 59.2 Å². The van der Waals surface area contributed by atoms with Crippen molar-refractivity contribution in [2.24, 2.45) is 0 Å². The molecule has 0 saturated carbocycles. The molecular formula is C27H29BrN2O6S2. The Morgan fingerprint density at radius 3 is 2.58 bits per heavy atom. The molecule has 3 heterocycles.